The Morgan fingerprint density at radius 1 is 1.17 bits per heavy atom. The Labute approximate surface area is 106 Å². The molecule has 0 amide bonds. The molecule has 2 N–H and O–H groups in total. The van der Waals surface area contributed by atoms with E-state index in [-0.39, 0.29) is 5.95 Å². The number of para-hydroxylation sites is 2. The fraction of sp³-hybridized carbons (Fsp3) is 0.231. The average molecular weight is 245 g/mol. The standard InChI is InChI=1S/C13H15N3O2/c1-3-17-10-6-4-5-7-11(10)18-12-8-9(2)15-13(14)16-12/h4-8H,3H2,1-2H3,(H2,14,15,16). The van der Waals surface area contributed by atoms with Crippen molar-refractivity contribution in [1.29, 1.82) is 0 Å². The summed E-state index contributed by atoms with van der Waals surface area (Å²) >= 11 is 0. The van der Waals surface area contributed by atoms with Gasteiger partial charge in [-0.2, -0.15) is 4.98 Å². The van der Waals surface area contributed by atoms with Gasteiger partial charge in [-0.1, -0.05) is 12.1 Å². The molecule has 0 bridgehead atoms. The lowest BCUT2D eigenvalue weighted by molar-refractivity contribution is 0.319. The molecule has 0 unspecified atom stereocenters. The second-order valence-corrected chi connectivity index (χ2v) is 3.69. The van der Waals surface area contributed by atoms with Gasteiger partial charge >= 0.3 is 0 Å². The van der Waals surface area contributed by atoms with Gasteiger partial charge in [-0.05, 0) is 26.0 Å². The number of hydrogen-bond donors (Lipinski definition) is 1. The number of hydrogen-bond acceptors (Lipinski definition) is 5. The normalized spacial score (nSPS) is 10.1. The number of anilines is 1. The lowest BCUT2D eigenvalue weighted by atomic mass is 10.3. The molecule has 1 aromatic heterocycles. The maximum Gasteiger partial charge on any atom is 0.224 e. The van der Waals surface area contributed by atoms with Crippen molar-refractivity contribution in [3.05, 3.63) is 36.0 Å². The van der Waals surface area contributed by atoms with Crippen molar-refractivity contribution < 1.29 is 9.47 Å². The molecule has 0 spiro atoms. The fourth-order valence-electron chi connectivity index (χ4n) is 1.54. The first-order chi connectivity index (χ1) is 8.69. The third-order valence-corrected chi connectivity index (χ3v) is 2.21. The highest BCUT2D eigenvalue weighted by Crippen LogP contribution is 2.30. The highest BCUT2D eigenvalue weighted by molar-refractivity contribution is 5.42. The Kier molecular flexibility index (Phi) is 3.62. The van der Waals surface area contributed by atoms with Crippen LogP contribution in [0, 0.1) is 6.92 Å². The predicted octanol–water partition coefficient (Wildman–Crippen LogP) is 2.56. The minimum absolute atomic E-state index is 0.193. The number of nitrogens with zero attached hydrogens (tertiary/aromatic N) is 2. The first kappa shape index (κ1) is 12.2. The van der Waals surface area contributed by atoms with E-state index in [4.69, 9.17) is 15.2 Å². The molecule has 0 aliphatic carbocycles. The summed E-state index contributed by atoms with van der Waals surface area (Å²) in [5.41, 5.74) is 6.33. The Morgan fingerprint density at radius 2 is 1.89 bits per heavy atom. The van der Waals surface area contributed by atoms with E-state index in [0.29, 0.717) is 24.0 Å². The Balaban J connectivity index is 2.27. The lowest BCUT2D eigenvalue weighted by Gasteiger charge is -2.10. The van der Waals surface area contributed by atoms with Crippen LogP contribution in [0.5, 0.6) is 17.4 Å². The van der Waals surface area contributed by atoms with E-state index in [1.807, 2.05) is 38.1 Å². The molecule has 5 nitrogen and oxygen atoms in total. The zero-order valence-corrected chi connectivity index (χ0v) is 10.4. The van der Waals surface area contributed by atoms with Crippen LogP contribution in [-0.2, 0) is 0 Å². The van der Waals surface area contributed by atoms with Crippen molar-refractivity contribution in [2.75, 3.05) is 12.3 Å². The third-order valence-electron chi connectivity index (χ3n) is 2.21. The van der Waals surface area contributed by atoms with E-state index < -0.39 is 0 Å². The Hall–Kier alpha value is -2.30. The van der Waals surface area contributed by atoms with Gasteiger partial charge in [0.25, 0.3) is 0 Å². The second kappa shape index (κ2) is 5.35. The number of nitrogen functional groups attached to an aromatic ring is 1. The van der Waals surface area contributed by atoms with Crippen molar-refractivity contribution in [1.82, 2.24) is 9.97 Å². The SMILES string of the molecule is CCOc1ccccc1Oc1cc(C)nc(N)n1. The van der Waals surface area contributed by atoms with Crippen LogP contribution in [-0.4, -0.2) is 16.6 Å². The molecule has 0 atom stereocenters. The summed E-state index contributed by atoms with van der Waals surface area (Å²) < 4.78 is 11.1. The van der Waals surface area contributed by atoms with Crippen molar-refractivity contribution in [3.8, 4) is 17.4 Å². The Morgan fingerprint density at radius 3 is 2.56 bits per heavy atom. The average Bonchev–Trinajstić information content (AvgIpc) is 2.30. The van der Waals surface area contributed by atoms with E-state index in [1.54, 1.807) is 6.07 Å². The highest BCUT2D eigenvalue weighted by Gasteiger charge is 2.07. The summed E-state index contributed by atoms with van der Waals surface area (Å²) in [4.78, 5) is 8.01. The second-order valence-electron chi connectivity index (χ2n) is 3.69. The van der Waals surface area contributed by atoms with E-state index in [9.17, 15) is 0 Å². The molecular formula is C13H15N3O2. The van der Waals surface area contributed by atoms with Crippen molar-refractivity contribution in [2.45, 2.75) is 13.8 Å². The molecular weight excluding hydrogens is 230 g/mol. The van der Waals surface area contributed by atoms with E-state index in [0.717, 1.165) is 5.69 Å². The molecule has 0 radical (unpaired) electrons. The van der Waals surface area contributed by atoms with Crippen LogP contribution >= 0.6 is 0 Å². The summed E-state index contributed by atoms with van der Waals surface area (Å²) in [6.07, 6.45) is 0. The predicted molar refractivity (Wildman–Crippen MR) is 68.9 cm³/mol. The molecule has 94 valence electrons. The molecule has 5 heteroatoms. The van der Waals surface area contributed by atoms with Gasteiger partial charge in [0, 0.05) is 11.8 Å². The van der Waals surface area contributed by atoms with Gasteiger partial charge in [-0.15, -0.1) is 0 Å². The number of rotatable bonds is 4. The van der Waals surface area contributed by atoms with Crippen molar-refractivity contribution in [2.24, 2.45) is 0 Å². The van der Waals surface area contributed by atoms with E-state index in [1.165, 1.54) is 0 Å². The third kappa shape index (κ3) is 2.88. The van der Waals surface area contributed by atoms with Crippen LogP contribution in [0.3, 0.4) is 0 Å². The maximum absolute atomic E-state index is 5.67. The van der Waals surface area contributed by atoms with E-state index >= 15 is 0 Å². The zero-order valence-electron chi connectivity index (χ0n) is 10.4. The van der Waals surface area contributed by atoms with Gasteiger partial charge in [-0.3, -0.25) is 0 Å². The largest absolute Gasteiger partial charge is 0.490 e. The molecule has 0 aliphatic heterocycles. The molecule has 0 saturated heterocycles. The Bertz CT molecular complexity index is 523. The molecule has 1 aromatic carbocycles. The lowest BCUT2D eigenvalue weighted by Crippen LogP contribution is -2.00. The maximum atomic E-state index is 5.67. The summed E-state index contributed by atoms with van der Waals surface area (Å²) in [5.74, 6) is 1.89. The molecule has 0 fully saturated rings. The molecule has 2 aromatic rings. The zero-order chi connectivity index (χ0) is 13.0. The smallest absolute Gasteiger partial charge is 0.224 e. The van der Waals surface area contributed by atoms with Crippen LogP contribution in [0.4, 0.5) is 5.95 Å². The first-order valence-corrected chi connectivity index (χ1v) is 5.70. The molecule has 0 aliphatic rings. The van der Waals surface area contributed by atoms with Gasteiger partial charge < -0.3 is 15.2 Å². The quantitative estimate of drug-likeness (QED) is 0.896. The van der Waals surface area contributed by atoms with Crippen LogP contribution in [0.15, 0.2) is 30.3 Å². The van der Waals surface area contributed by atoms with Crippen LogP contribution in [0.1, 0.15) is 12.6 Å². The summed E-state index contributed by atoms with van der Waals surface area (Å²) in [6, 6.07) is 9.14. The molecule has 0 saturated carbocycles. The highest BCUT2D eigenvalue weighted by atomic mass is 16.5. The number of nitrogens with two attached hydrogens (primary N) is 1. The van der Waals surface area contributed by atoms with Crippen molar-refractivity contribution in [3.63, 3.8) is 0 Å². The van der Waals surface area contributed by atoms with Gasteiger partial charge in [0.15, 0.2) is 11.5 Å². The molecule has 2 rings (SSSR count). The van der Waals surface area contributed by atoms with Crippen LogP contribution < -0.4 is 15.2 Å². The van der Waals surface area contributed by atoms with Crippen LogP contribution in [0.2, 0.25) is 0 Å². The minimum atomic E-state index is 0.193. The minimum Gasteiger partial charge on any atom is -0.490 e. The van der Waals surface area contributed by atoms with Gasteiger partial charge in [0.1, 0.15) is 0 Å². The van der Waals surface area contributed by atoms with Gasteiger partial charge in [0.05, 0.1) is 6.61 Å². The number of ether oxygens (including phenoxy) is 2. The number of aryl methyl sites for hydroxylation is 1. The molecule has 1 heterocycles. The number of benzene rings is 1. The van der Waals surface area contributed by atoms with E-state index in [2.05, 4.69) is 9.97 Å². The topological polar surface area (TPSA) is 70.3 Å². The summed E-state index contributed by atoms with van der Waals surface area (Å²) in [5, 5.41) is 0. The summed E-state index contributed by atoms with van der Waals surface area (Å²) in [7, 11) is 0. The van der Waals surface area contributed by atoms with Crippen molar-refractivity contribution >= 4 is 5.95 Å². The van der Waals surface area contributed by atoms with Gasteiger partial charge in [-0.25, -0.2) is 4.98 Å². The first-order valence-electron chi connectivity index (χ1n) is 5.70. The fourth-order valence-corrected chi connectivity index (χ4v) is 1.54. The van der Waals surface area contributed by atoms with Crippen LogP contribution in [0.25, 0.3) is 0 Å². The number of aromatic nitrogens is 2. The molecule has 18 heavy (non-hydrogen) atoms. The van der Waals surface area contributed by atoms with Gasteiger partial charge in [0.2, 0.25) is 11.8 Å². The monoisotopic (exact) mass is 245 g/mol. The summed E-state index contributed by atoms with van der Waals surface area (Å²) in [6.45, 7) is 4.33.